The highest BCUT2D eigenvalue weighted by Gasteiger charge is 2.33. The molecule has 3 aromatic rings. The first-order valence-corrected chi connectivity index (χ1v) is 11.0. The zero-order chi connectivity index (χ0) is 23.1. The van der Waals surface area contributed by atoms with Crippen LogP contribution in [-0.4, -0.2) is 53.6 Å². The average Bonchev–Trinajstić information content (AvgIpc) is 3.06. The van der Waals surface area contributed by atoms with E-state index in [9.17, 15) is 19.2 Å². The van der Waals surface area contributed by atoms with E-state index < -0.39 is 0 Å². The Morgan fingerprint density at radius 1 is 0.879 bits per heavy atom. The molecular weight excluding hydrogens is 418 g/mol. The molecule has 7 heteroatoms. The Morgan fingerprint density at radius 3 is 2.36 bits per heavy atom. The molecule has 7 nitrogen and oxygen atoms in total. The molecule has 0 atom stereocenters. The van der Waals surface area contributed by atoms with Crippen molar-refractivity contribution in [2.75, 3.05) is 25.5 Å². The molecule has 0 bridgehead atoms. The maximum absolute atomic E-state index is 13.1. The van der Waals surface area contributed by atoms with Gasteiger partial charge in [-0.3, -0.25) is 24.1 Å². The lowest BCUT2D eigenvalue weighted by Gasteiger charge is -2.31. The lowest BCUT2D eigenvalue weighted by atomic mass is 9.94. The highest BCUT2D eigenvalue weighted by Crippen LogP contribution is 2.27. The smallest absolute Gasteiger partial charge is 0.261 e. The van der Waals surface area contributed by atoms with Gasteiger partial charge in [0.25, 0.3) is 17.7 Å². The zero-order valence-electron chi connectivity index (χ0n) is 18.2. The highest BCUT2D eigenvalue weighted by atomic mass is 16.2. The first-order chi connectivity index (χ1) is 15.9. The van der Waals surface area contributed by atoms with Gasteiger partial charge in [-0.15, -0.1) is 0 Å². The van der Waals surface area contributed by atoms with Crippen LogP contribution in [0.3, 0.4) is 0 Å². The Morgan fingerprint density at radius 2 is 1.58 bits per heavy atom. The molecule has 3 aromatic carbocycles. The minimum absolute atomic E-state index is 0.0171. The van der Waals surface area contributed by atoms with Crippen molar-refractivity contribution in [3.05, 3.63) is 77.4 Å². The van der Waals surface area contributed by atoms with Crippen LogP contribution in [0.4, 0.5) is 5.69 Å². The summed E-state index contributed by atoms with van der Waals surface area (Å²) in [5.74, 6) is -1.09. The second-order valence-electron chi connectivity index (χ2n) is 8.51. The topological polar surface area (TPSA) is 86.8 Å². The Labute approximate surface area is 191 Å². The average molecular weight is 441 g/mol. The molecule has 1 fully saturated rings. The zero-order valence-corrected chi connectivity index (χ0v) is 18.2. The lowest BCUT2D eigenvalue weighted by molar-refractivity contribution is -0.121. The molecule has 2 heterocycles. The van der Waals surface area contributed by atoms with Gasteiger partial charge in [0.1, 0.15) is 0 Å². The molecule has 0 aliphatic carbocycles. The number of carbonyl (C=O) groups excluding carboxylic acids is 4. The second kappa shape index (κ2) is 8.16. The number of piperidine rings is 1. The number of benzene rings is 3. The predicted octanol–water partition coefficient (Wildman–Crippen LogP) is 3.56. The summed E-state index contributed by atoms with van der Waals surface area (Å²) in [5, 5.41) is 4.82. The monoisotopic (exact) mass is 441 g/mol. The van der Waals surface area contributed by atoms with Crippen molar-refractivity contribution in [3.8, 4) is 0 Å². The molecule has 1 N–H and O–H groups in total. The fourth-order valence-electron chi connectivity index (χ4n) is 4.61. The molecule has 0 saturated carbocycles. The van der Waals surface area contributed by atoms with E-state index in [0.29, 0.717) is 48.3 Å². The van der Waals surface area contributed by atoms with Crippen LogP contribution in [-0.2, 0) is 4.79 Å². The van der Waals surface area contributed by atoms with Crippen LogP contribution in [0.15, 0.2) is 60.7 Å². The summed E-state index contributed by atoms with van der Waals surface area (Å²) < 4.78 is 0. The van der Waals surface area contributed by atoms with E-state index in [4.69, 9.17) is 0 Å². The Hall–Kier alpha value is -4.00. The molecule has 0 unspecified atom stereocenters. The number of nitrogens with zero attached hydrogens (tertiary/aromatic N) is 2. The minimum atomic E-state index is -0.369. The van der Waals surface area contributed by atoms with Gasteiger partial charge in [-0.1, -0.05) is 36.4 Å². The Kier molecular flexibility index (Phi) is 5.17. The van der Waals surface area contributed by atoms with Crippen molar-refractivity contribution in [1.82, 2.24) is 9.80 Å². The number of imide groups is 1. The number of anilines is 1. The quantitative estimate of drug-likeness (QED) is 0.630. The normalized spacial score (nSPS) is 16.3. The number of likely N-dealkylation sites (tertiary alicyclic amines) is 1. The second-order valence-corrected chi connectivity index (χ2v) is 8.51. The molecule has 2 aliphatic heterocycles. The summed E-state index contributed by atoms with van der Waals surface area (Å²) in [7, 11) is 1.44. The van der Waals surface area contributed by atoms with E-state index in [1.54, 1.807) is 23.1 Å². The van der Waals surface area contributed by atoms with Crippen molar-refractivity contribution >= 4 is 40.1 Å². The van der Waals surface area contributed by atoms with Gasteiger partial charge < -0.3 is 10.2 Å². The van der Waals surface area contributed by atoms with Crippen LogP contribution in [0.1, 0.15) is 43.9 Å². The third-order valence-electron chi connectivity index (χ3n) is 6.53. The number of nitrogens with one attached hydrogen (secondary N) is 1. The lowest BCUT2D eigenvalue weighted by Crippen LogP contribution is -2.41. The fraction of sp³-hybridized carbons (Fsp3) is 0.231. The SMILES string of the molecule is CN1C(=O)c2ccc(NC(=O)C3CCN(C(=O)c4cccc5ccccc45)CC3)cc2C1=O. The van der Waals surface area contributed by atoms with Crippen molar-refractivity contribution in [2.45, 2.75) is 12.8 Å². The molecule has 1 saturated heterocycles. The maximum Gasteiger partial charge on any atom is 0.261 e. The van der Waals surface area contributed by atoms with E-state index in [1.807, 2.05) is 42.5 Å². The molecule has 33 heavy (non-hydrogen) atoms. The first-order valence-electron chi connectivity index (χ1n) is 11.0. The van der Waals surface area contributed by atoms with Gasteiger partial charge in [0, 0.05) is 37.3 Å². The summed E-state index contributed by atoms with van der Waals surface area (Å²) in [4.78, 5) is 53.1. The number of fused-ring (bicyclic) bond motifs is 2. The van der Waals surface area contributed by atoms with Crippen molar-refractivity contribution < 1.29 is 19.2 Å². The Bertz CT molecular complexity index is 1300. The molecule has 0 aromatic heterocycles. The van der Waals surface area contributed by atoms with Crippen molar-refractivity contribution in [3.63, 3.8) is 0 Å². The summed E-state index contributed by atoms with van der Waals surface area (Å²) in [6, 6.07) is 18.3. The van der Waals surface area contributed by atoms with E-state index in [1.165, 1.54) is 7.05 Å². The van der Waals surface area contributed by atoms with Crippen molar-refractivity contribution in [1.29, 1.82) is 0 Å². The van der Waals surface area contributed by atoms with Crippen LogP contribution in [0.25, 0.3) is 10.8 Å². The molecule has 4 amide bonds. The Balaban J connectivity index is 1.24. The third kappa shape index (κ3) is 3.65. The summed E-state index contributed by atoms with van der Waals surface area (Å²) >= 11 is 0. The third-order valence-corrected chi connectivity index (χ3v) is 6.53. The van der Waals surface area contributed by atoms with E-state index in [-0.39, 0.29) is 29.5 Å². The van der Waals surface area contributed by atoms with Crippen LogP contribution < -0.4 is 5.32 Å². The minimum Gasteiger partial charge on any atom is -0.339 e. The van der Waals surface area contributed by atoms with E-state index in [2.05, 4.69) is 5.32 Å². The number of rotatable bonds is 3. The molecule has 0 radical (unpaired) electrons. The van der Waals surface area contributed by atoms with Gasteiger partial charge in [-0.05, 0) is 47.9 Å². The van der Waals surface area contributed by atoms with Crippen LogP contribution in [0.2, 0.25) is 0 Å². The summed E-state index contributed by atoms with van der Waals surface area (Å²) in [6.45, 7) is 1.00. The molecular formula is C26H23N3O4. The summed E-state index contributed by atoms with van der Waals surface area (Å²) in [5.41, 5.74) is 1.82. The highest BCUT2D eigenvalue weighted by molar-refractivity contribution is 6.21. The maximum atomic E-state index is 13.1. The molecule has 2 aliphatic rings. The van der Waals surface area contributed by atoms with E-state index >= 15 is 0 Å². The van der Waals surface area contributed by atoms with Gasteiger partial charge >= 0.3 is 0 Å². The van der Waals surface area contributed by atoms with Crippen LogP contribution >= 0.6 is 0 Å². The first kappa shape index (κ1) is 20.9. The van der Waals surface area contributed by atoms with Gasteiger partial charge in [0.2, 0.25) is 5.91 Å². The van der Waals surface area contributed by atoms with Crippen LogP contribution in [0.5, 0.6) is 0 Å². The number of hydrogen-bond acceptors (Lipinski definition) is 4. The van der Waals surface area contributed by atoms with Gasteiger partial charge in [-0.2, -0.15) is 0 Å². The molecule has 166 valence electrons. The number of amides is 4. The summed E-state index contributed by atoms with van der Waals surface area (Å²) in [6.07, 6.45) is 1.13. The van der Waals surface area contributed by atoms with Crippen molar-refractivity contribution in [2.24, 2.45) is 5.92 Å². The van der Waals surface area contributed by atoms with Gasteiger partial charge in [0.15, 0.2) is 0 Å². The number of carbonyl (C=O) groups is 4. The van der Waals surface area contributed by atoms with Crippen LogP contribution in [0, 0.1) is 5.92 Å². The van der Waals surface area contributed by atoms with Gasteiger partial charge in [-0.25, -0.2) is 0 Å². The fourth-order valence-corrected chi connectivity index (χ4v) is 4.61. The predicted molar refractivity (Wildman–Crippen MR) is 124 cm³/mol. The van der Waals surface area contributed by atoms with E-state index in [0.717, 1.165) is 15.7 Å². The molecule has 5 rings (SSSR count). The largest absolute Gasteiger partial charge is 0.339 e. The standard InChI is InChI=1S/C26H23N3O4/c1-28-24(31)21-10-9-18(15-22(21)25(28)32)27-23(30)17-11-13-29(14-12-17)26(33)20-8-4-6-16-5-2-3-7-19(16)20/h2-10,15,17H,11-14H2,1H3,(H,27,30). The molecule has 0 spiro atoms. The number of hydrogen-bond donors (Lipinski definition) is 1. The van der Waals surface area contributed by atoms with Gasteiger partial charge in [0.05, 0.1) is 11.1 Å².